The predicted molar refractivity (Wildman–Crippen MR) is 77.6 cm³/mol. The number of rotatable bonds is 4. The molecule has 0 aliphatic heterocycles. The van der Waals surface area contributed by atoms with Gasteiger partial charge in [-0.3, -0.25) is 0 Å². The Morgan fingerprint density at radius 3 is 2.59 bits per heavy atom. The topological polar surface area (TPSA) is 12.0 Å². The summed E-state index contributed by atoms with van der Waals surface area (Å²) in [5, 5.41) is 4.28. The van der Waals surface area contributed by atoms with Gasteiger partial charge in [-0.25, -0.2) is 0 Å². The molecule has 0 spiro atoms. The molecule has 0 saturated heterocycles. The Labute approximate surface area is 110 Å². The van der Waals surface area contributed by atoms with E-state index < -0.39 is 0 Å². The number of halogens is 1. The number of hydrogen-bond donors (Lipinski definition) is 1. The van der Waals surface area contributed by atoms with Crippen LogP contribution in [0.2, 0.25) is 5.02 Å². The Balaban J connectivity index is 2.41. The van der Waals surface area contributed by atoms with Crippen LogP contribution in [0.3, 0.4) is 0 Å². The largest absolute Gasteiger partial charge is 0.312 e. The molecule has 0 aromatic heterocycles. The monoisotopic (exact) mass is 251 g/mol. The van der Waals surface area contributed by atoms with Crippen LogP contribution in [-0.4, -0.2) is 12.1 Å². The average molecular weight is 252 g/mol. The summed E-state index contributed by atoms with van der Waals surface area (Å²) in [6.07, 6.45) is 5.33. The van der Waals surface area contributed by atoms with Crippen LogP contribution in [0.25, 0.3) is 6.08 Å². The summed E-state index contributed by atoms with van der Waals surface area (Å²) in [5.41, 5.74) is 2.48. The van der Waals surface area contributed by atoms with Gasteiger partial charge in [-0.05, 0) is 57.9 Å². The zero-order valence-corrected chi connectivity index (χ0v) is 11.9. The molecule has 0 radical (unpaired) electrons. The first-order chi connectivity index (χ1) is 7.88. The number of nitrogens with one attached hydrogen (secondary N) is 1. The lowest BCUT2D eigenvalue weighted by Crippen LogP contribution is -2.36. The van der Waals surface area contributed by atoms with E-state index >= 15 is 0 Å². The zero-order chi connectivity index (χ0) is 12.9. The summed E-state index contributed by atoms with van der Waals surface area (Å²) < 4.78 is 0. The van der Waals surface area contributed by atoms with E-state index in [1.54, 1.807) is 0 Å². The van der Waals surface area contributed by atoms with Gasteiger partial charge in [-0.15, -0.1) is 0 Å². The van der Waals surface area contributed by atoms with Gasteiger partial charge < -0.3 is 5.32 Å². The van der Waals surface area contributed by atoms with Crippen LogP contribution in [0.1, 0.15) is 38.3 Å². The Hall–Kier alpha value is -0.790. The van der Waals surface area contributed by atoms with Crippen LogP contribution in [0.5, 0.6) is 0 Å². The van der Waals surface area contributed by atoms with Crippen molar-refractivity contribution in [2.24, 2.45) is 0 Å². The van der Waals surface area contributed by atoms with Gasteiger partial charge in [0.15, 0.2) is 0 Å². The lowest BCUT2D eigenvalue weighted by molar-refractivity contribution is 0.431. The first-order valence-corrected chi connectivity index (χ1v) is 6.44. The second-order valence-corrected chi connectivity index (χ2v) is 5.78. The van der Waals surface area contributed by atoms with E-state index in [0.29, 0.717) is 0 Å². The molecule has 0 aliphatic rings. The third-order valence-electron chi connectivity index (χ3n) is 2.47. The van der Waals surface area contributed by atoms with Crippen molar-refractivity contribution < 1.29 is 0 Å². The molecule has 0 atom stereocenters. The summed E-state index contributed by atoms with van der Waals surface area (Å²) in [5.74, 6) is 0. The highest BCUT2D eigenvalue weighted by Gasteiger charge is 2.06. The standard InChI is InChI=1S/C15H22ClN/c1-12-8-9-13(11-14(12)16)7-5-6-10-17-15(2,3)4/h5,7-9,11,17H,6,10H2,1-4H3/b7-5+. The zero-order valence-electron chi connectivity index (χ0n) is 11.2. The van der Waals surface area contributed by atoms with Gasteiger partial charge in [-0.2, -0.15) is 0 Å². The van der Waals surface area contributed by atoms with Crippen LogP contribution in [-0.2, 0) is 0 Å². The van der Waals surface area contributed by atoms with Crippen LogP contribution in [0, 0.1) is 6.92 Å². The Morgan fingerprint density at radius 2 is 2.00 bits per heavy atom. The van der Waals surface area contributed by atoms with Crippen molar-refractivity contribution in [1.29, 1.82) is 0 Å². The maximum absolute atomic E-state index is 6.07. The van der Waals surface area contributed by atoms with Crippen molar-refractivity contribution in [3.05, 3.63) is 40.4 Å². The summed E-state index contributed by atoms with van der Waals surface area (Å²) in [6.45, 7) is 9.55. The van der Waals surface area contributed by atoms with Gasteiger partial charge in [0.2, 0.25) is 0 Å². The molecule has 1 rings (SSSR count). The van der Waals surface area contributed by atoms with Crippen molar-refractivity contribution in [2.75, 3.05) is 6.54 Å². The summed E-state index contributed by atoms with van der Waals surface area (Å²) in [4.78, 5) is 0. The molecule has 1 N–H and O–H groups in total. The van der Waals surface area contributed by atoms with Gasteiger partial charge in [-0.1, -0.05) is 35.9 Å². The molecule has 1 aromatic rings. The molecule has 0 unspecified atom stereocenters. The van der Waals surface area contributed by atoms with Crippen molar-refractivity contribution >= 4 is 17.7 Å². The average Bonchev–Trinajstić information content (AvgIpc) is 2.21. The molecule has 94 valence electrons. The molecular weight excluding hydrogens is 230 g/mol. The van der Waals surface area contributed by atoms with E-state index in [0.717, 1.165) is 29.1 Å². The molecular formula is C15H22ClN. The van der Waals surface area contributed by atoms with E-state index in [4.69, 9.17) is 11.6 Å². The lowest BCUT2D eigenvalue weighted by atomic mass is 10.1. The quantitative estimate of drug-likeness (QED) is 0.781. The fourth-order valence-electron chi connectivity index (χ4n) is 1.46. The Kier molecular flexibility index (Phi) is 5.23. The second kappa shape index (κ2) is 6.23. The van der Waals surface area contributed by atoms with E-state index in [2.05, 4.69) is 50.4 Å². The molecule has 0 heterocycles. The van der Waals surface area contributed by atoms with Gasteiger partial charge in [0.25, 0.3) is 0 Å². The van der Waals surface area contributed by atoms with Gasteiger partial charge in [0.05, 0.1) is 0 Å². The fourth-order valence-corrected chi connectivity index (χ4v) is 1.65. The van der Waals surface area contributed by atoms with Crippen LogP contribution in [0.4, 0.5) is 0 Å². The van der Waals surface area contributed by atoms with Crippen LogP contribution >= 0.6 is 11.6 Å². The SMILES string of the molecule is Cc1ccc(/C=C/CCNC(C)(C)C)cc1Cl. The predicted octanol–water partition coefficient (Wildman–Crippen LogP) is 4.44. The van der Waals surface area contributed by atoms with Crippen molar-refractivity contribution in [3.63, 3.8) is 0 Å². The highest BCUT2D eigenvalue weighted by Crippen LogP contribution is 2.17. The fraction of sp³-hybridized carbons (Fsp3) is 0.467. The molecule has 0 saturated carbocycles. The molecule has 0 amide bonds. The number of benzene rings is 1. The van der Waals surface area contributed by atoms with Crippen molar-refractivity contribution in [1.82, 2.24) is 5.32 Å². The summed E-state index contributed by atoms with van der Waals surface area (Å²) in [6, 6.07) is 6.15. The van der Waals surface area contributed by atoms with Crippen molar-refractivity contribution in [2.45, 2.75) is 39.7 Å². The molecule has 0 bridgehead atoms. The Morgan fingerprint density at radius 1 is 1.29 bits per heavy atom. The van der Waals surface area contributed by atoms with E-state index in [9.17, 15) is 0 Å². The highest BCUT2D eigenvalue weighted by molar-refractivity contribution is 6.31. The smallest absolute Gasteiger partial charge is 0.0441 e. The van der Waals surface area contributed by atoms with Crippen molar-refractivity contribution in [3.8, 4) is 0 Å². The number of hydrogen-bond acceptors (Lipinski definition) is 1. The normalized spacial score (nSPS) is 12.3. The molecule has 1 aromatic carbocycles. The lowest BCUT2D eigenvalue weighted by Gasteiger charge is -2.19. The molecule has 17 heavy (non-hydrogen) atoms. The van der Waals surface area contributed by atoms with Gasteiger partial charge >= 0.3 is 0 Å². The van der Waals surface area contributed by atoms with Gasteiger partial charge in [0, 0.05) is 10.6 Å². The third-order valence-corrected chi connectivity index (χ3v) is 2.88. The van der Waals surface area contributed by atoms with E-state index in [1.807, 2.05) is 13.0 Å². The number of aryl methyl sites for hydroxylation is 1. The Bertz CT molecular complexity index is 388. The maximum Gasteiger partial charge on any atom is 0.0441 e. The van der Waals surface area contributed by atoms with Gasteiger partial charge in [0.1, 0.15) is 0 Å². The first kappa shape index (κ1) is 14.3. The van der Waals surface area contributed by atoms with Crippen LogP contribution in [0.15, 0.2) is 24.3 Å². The third kappa shape index (κ3) is 5.90. The first-order valence-electron chi connectivity index (χ1n) is 6.06. The highest BCUT2D eigenvalue weighted by atomic mass is 35.5. The minimum atomic E-state index is 0.195. The molecule has 0 aliphatic carbocycles. The van der Waals surface area contributed by atoms with Crippen LogP contribution < -0.4 is 5.32 Å². The van der Waals surface area contributed by atoms with E-state index in [-0.39, 0.29) is 5.54 Å². The molecule has 2 heteroatoms. The maximum atomic E-state index is 6.07. The second-order valence-electron chi connectivity index (χ2n) is 5.38. The summed E-state index contributed by atoms with van der Waals surface area (Å²) >= 11 is 6.07. The minimum Gasteiger partial charge on any atom is -0.312 e. The van der Waals surface area contributed by atoms with E-state index in [1.165, 1.54) is 0 Å². The summed E-state index contributed by atoms with van der Waals surface area (Å²) in [7, 11) is 0. The minimum absolute atomic E-state index is 0.195. The molecule has 1 nitrogen and oxygen atoms in total. The molecule has 0 fully saturated rings.